The van der Waals surface area contributed by atoms with Crippen LogP contribution in [-0.4, -0.2) is 49.2 Å². The molecule has 0 bridgehead atoms. The largest absolute Gasteiger partial charge is 0.497 e. The molecule has 1 fully saturated rings. The van der Waals surface area contributed by atoms with Crippen LogP contribution in [0.1, 0.15) is 49.3 Å². The fraction of sp³-hybridized carbons (Fsp3) is 0.385. The van der Waals surface area contributed by atoms with Gasteiger partial charge in [0.15, 0.2) is 11.0 Å². The number of nitrogens with zero attached hydrogens (tertiary/aromatic N) is 6. The number of thioether (sulfide) groups is 1. The lowest BCUT2D eigenvalue weighted by Gasteiger charge is -2.31. The van der Waals surface area contributed by atoms with E-state index in [1.54, 1.807) is 17.6 Å². The number of fused-ring (bicyclic) bond motifs is 1. The Morgan fingerprint density at radius 2 is 1.83 bits per heavy atom. The van der Waals surface area contributed by atoms with Crippen molar-refractivity contribution in [3.05, 3.63) is 76.1 Å². The zero-order valence-corrected chi connectivity index (χ0v) is 21.2. The van der Waals surface area contributed by atoms with Crippen LogP contribution in [0.2, 0.25) is 0 Å². The molecular formula is C26H30N6O2S. The number of hydrogen-bond acceptors (Lipinski definition) is 7. The van der Waals surface area contributed by atoms with E-state index in [4.69, 9.17) is 9.72 Å². The summed E-state index contributed by atoms with van der Waals surface area (Å²) in [5, 5.41) is 9.98. The quantitative estimate of drug-likeness (QED) is 0.355. The predicted molar refractivity (Wildman–Crippen MR) is 138 cm³/mol. The summed E-state index contributed by atoms with van der Waals surface area (Å²) in [5.41, 5.74) is 3.30. The van der Waals surface area contributed by atoms with E-state index in [1.807, 2.05) is 49.5 Å². The first-order valence-electron chi connectivity index (χ1n) is 12.0. The Balaban J connectivity index is 1.47. The maximum absolute atomic E-state index is 12.6. The number of hydrogen-bond donors (Lipinski definition) is 0. The van der Waals surface area contributed by atoms with Gasteiger partial charge in [-0.15, -0.1) is 10.2 Å². The van der Waals surface area contributed by atoms with Gasteiger partial charge in [0.25, 0.3) is 5.56 Å². The number of pyridine rings is 1. The van der Waals surface area contributed by atoms with Crippen LogP contribution in [0.25, 0.3) is 11.3 Å². The molecule has 1 unspecified atom stereocenters. The number of likely N-dealkylation sites (tertiary alicyclic amines) is 1. The smallest absolute Gasteiger partial charge is 0.258 e. The average molecular weight is 491 g/mol. The number of benzene rings is 1. The second kappa shape index (κ2) is 10.2. The van der Waals surface area contributed by atoms with E-state index >= 15 is 0 Å². The summed E-state index contributed by atoms with van der Waals surface area (Å²) in [6, 6.07) is 13.6. The molecule has 0 amide bonds. The molecule has 4 heterocycles. The van der Waals surface area contributed by atoms with Crippen molar-refractivity contribution in [1.29, 1.82) is 0 Å². The molecule has 5 rings (SSSR count). The minimum Gasteiger partial charge on any atom is -0.497 e. The molecule has 0 N–H and O–H groups in total. The molecule has 35 heavy (non-hydrogen) atoms. The van der Waals surface area contributed by atoms with Gasteiger partial charge in [0.1, 0.15) is 11.4 Å². The standard InChI is InChI=1S/C26H30N6O2S/c1-18-7-12-23-27-20(15-24(33)31(23)16-18)17-35-26-29-28-25(19(2)30-13-5-4-6-14-30)32(26)21-8-10-22(34-3)11-9-21/h7-12,15-16,19H,4-6,13-14,17H2,1-3H3. The molecule has 0 radical (unpaired) electrons. The maximum atomic E-state index is 12.6. The molecule has 9 heteroatoms. The number of methoxy groups -OCH3 is 1. The monoisotopic (exact) mass is 490 g/mol. The number of piperidine rings is 1. The maximum Gasteiger partial charge on any atom is 0.258 e. The lowest BCUT2D eigenvalue weighted by molar-refractivity contribution is 0.167. The van der Waals surface area contributed by atoms with Crippen molar-refractivity contribution in [2.75, 3.05) is 20.2 Å². The van der Waals surface area contributed by atoms with Gasteiger partial charge in [0.05, 0.1) is 18.8 Å². The highest BCUT2D eigenvalue weighted by Crippen LogP contribution is 2.31. The highest BCUT2D eigenvalue weighted by molar-refractivity contribution is 7.98. The van der Waals surface area contributed by atoms with Crippen LogP contribution in [0.15, 0.2) is 58.6 Å². The fourth-order valence-corrected chi connectivity index (χ4v) is 5.41. The Morgan fingerprint density at radius 3 is 2.57 bits per heavy atom. The van der Waals surface area contributed by atoms with Gasteiger partial charge < -0.3 is 4.74 Å². The van der Waals surface area contributed by atoms with Crippen molar-refractivity contribution in [2.24, 2.45) is 0 Å². The van der Waals surface area contributed by atoms with Crippen LogP contribution >= 0.6 is 11.8 Å². The van der Waals surface area contributed by atoms with Gasteiger partial charge in [0, 0.05) is 23.7 Å². The van der Waals surface area contributed by atoms with E-state index in [1.165, 1.54) is 31.0 Å². The summed E-state index contributed by atoms with van der Waals surface area (Å²) < 4.78 is 9.07. The molecule has 0 saturated carbocycles. The first-order chi connectivity index (χ1) is 17.0. The van der Waals surface area contributed by atoms with Crippen LogP contribution in [0, 0.1) is 6.92 Å². The first-order valence-corrected chi connectivity index (χ1v) is 13.0. The van der Waals surface area contributed by atoms with Gasteiger partial charge in [0.2, 0.25) is 0 Å². The lowest BCUT2D eigenvalue weighted by Crippen LogP contribution is -2.33. The fourth-order valence-electron chi connectivity index (χ4n) is 4.56. The van der Waals surface area contributed by atoms with Crippen LogP contribution < -0.4 is 10.3 Å². The predicted octanol–water partition coefficient (Wildman–Crippen LogP) is 4.43. The average Bonchev–Trinajstić information content (AvgIpc) is 3.32. The van der Waals surface area contributed by atoms with Crippen LogP contribution in [0.5, 0.6) is 5.75 Å². The van der Waals surface area contributed by atoms with Gasteiger partial charge in [-0.25, -0.2) is 4.98 Å². The van der Waals surface area contributed by atoms with Crippen LogP contribution in [-0.2, 0) is 5.75 Å². The third kappa shape index (κ3) is 4.97. The Labute approximate surface area is 209 Å². The van der Waals surface area contributed by atoms with Gasteiger partial charge in [-0.1, -0.05) is 24.2 Å². The molecule has 1 saturated heterocycles. The second-order valence-corrected chi connectivity index (χ2v) is 9.90. The van der Waals surface area contributed by atoms with Crippen LogP contribution in [0.3, 0.4) is 0 Å². The summed E-state index contributed by atoms with van der Waals surface area (Å²) in [6.07, 6.45) is 5.53. The SMILES string of the molecule is COc1ccc(-n2c(SCc3cc(=O)n4cc(C)ccc4n3)nnc2C(C)N2CCCCC2)cc1. The first kappa shape index (κ1) is 23.6. The normalized spacial score (nSPS) is 15.4. The Bertz CT molecular complexity index is 1380. The molecule has 4 aromatic rings. The van der Waals surface area contributed by atoms with Crippen molar-refractivity contribution >= 4 is 17.4 Å². The summed E-state index contributed by atoms with van der Waals surface area (Å²) in [6.45, 7) is 6.31. The molecule has 3 aromatic heterocycles. The molecule has 1 aromatic carbocycles. The minimum atomic E-state index is -0.0784. The Morgan fingerprint density at radius 1 is 1.06 bits per heavy atom. The Kier molecular flexibility index (Phi) is 6.88. The van der Waals surface area contributed by atoms with E-state index in [2.05, 4.69) is 26.6 Å². The van der Waals surface area contributed by atoms with Gasteiger partial charge in [-0.05, 0) is 75.7 Å². The summed E-state index contributed by atoms with van der Waals surface area (Å²) in [7, 11) is 1.67. The van der Waals surface area contributed by atoms with Crippen molar-refractivity contribution in [3.63, 3.8) is 0 Å². The number of aryl methyl sites for hydroxylation is 1. The van der Waals surface area contributed by atoms with E-state index in [0.29, 0.717) is 11.4 Å². The number of aromatic nitrogens is 5. The van der Waals surface area contributed by atoms with Crippen molar-refractivity contribution < 1.29 is 4.74 Å². The molecular weight excluding hydrogens is 460 g/mol. The van der Waals surface area contributed by atoms with E-state index in [0.717, 1.165) is 46.8 Å². The number of rotatable bonds is 7. The molecule has 0 aliphatic carbocycles. The van der Waals surface area contributed by atoms with Crippen molar-refractivity contribution in [2.45, 2.75) is 50.1 Å². The topological polar surface area (TPSA) is 77.5 Å². The van der Waals surface area contributed by atoms with Gasteiger partial charge in [-0.3, -0.25) is 18.7 Å². The molecule has 182 valence electrons. The Hall–Kier alpha value is -3.17. The van der Waals surface area contributed by atoms with Crippen molar-refractivity contribution in [3.8, 4) is 11.4 Å². The lowest BCUT2D eigenvalue weighted by atomic mass is 10.1. The summed E-state index contributed by atoms with van der Waals surface area (Å²) in [5.74, 6) is 2.24. The molecule has 1 aliphatic heterocycles. The molecule has 1 atom stereocenters. The highest BCUT2D eigenvalue weighted by Gasteiger charge is 2.25. The molecule has 0 spiro atoms. The minimum absolute atomic E-state index is 0.0784. The third-order valence-electron chi connectivity index (χ3n) is 6.51. The van der Waals surface area contributed by atoms with E-state index in [9.17, 15) is 4.79 Å². The molecule has 8 nitrogen and oxygen atoms in total. The second-order valence-electron chi connectivity index (χ2n) is 8.96. The van der Waals surface area contributed by atoms with E-state index < -0.39 is 0 Å². The van der Waals surface area contributed by atoms with Gasteiger partial charge in [-0.2, -0.15) is 0 Å². The van der Waals surface area contributed by atoms with Crippen LogP contribution in [0.4, 0.5) is 0 Å². The summed E-state index contributed by atoms with van der Waals surface area (Å²) >= 11 is 1.54. The molecule has 1 aliphatic rings. The van der Waals surface area contributed by atoms with Crippen molar-refractivity contribution in [1.82, 2.24) is 29.0 Å². The zero-order chi connectivity index (χ0) is 24.4. The van der Waals surface area contributed by atoms with E-state index in [-0.39, 0.29) is 11.6 Å². The van der Waals surface area contributed by atoms with Gasteiger partial charge >= 0.3 is 0 Å². The summed E-state index contributed by atoms with van der Waals surface area (Å²) in [4.78, 5) is 19.8. The third-order valence-corrected chi connectivity index (χ3v) is 7.47. The number of ether oxygens (including phenoxy) is 1. The highest BCUT2D eigenvalue weighted by atomic mass is 32.2. The zero-order valence-electron chi connectivity index (χ0n) is 20.3.